The van der Waals surface area contributed by atoms with Crippen LogP contribution in [-0.2, 0) is 17.6 Å². The maximum Gasteiger partial charge on any atom is 0.228 e. The Morgan fingerprint density at radius 2 is 1.90 bits per heavy atom. The Bertz CT molecular complexity index is 608. The van der Waals surface area contributed by atoms with E-state index < -0.39 is 0 Å². The summed E-state index contributed by atoms with van der Waals surface area (Å²) in [5, 5.41) is 3.05. The van der Waals surface area contributed by atoms with Crippen molar-refractivity contribution in [2.24, 2.45) is 0 Å². The smallest absolute Gasteiger partial charge is 0.228 e. The normalized spacial score (nSPS) is 10.3. The third-order valence-corrected chi connectivity index (χ3v) is 3.69. The second-order valence-electron chi connectivity index (χ2n) is 4.82. The van der Waals surface area contributed by atoms with Gasteiger partial charge in [-0.1, -0.05) is 53.2 Å². The highest BCUT2D eigenvalue weighted by Gasteiger charge is 2.10. The molecule has 0 aromatic heterocycles. The van der Waals surface area contributed by atoms with E-state index in [1.54, 1.807) is 0 Å². The number of anilines is 1. The molecule has 20 heavy (non-hydrogen) atoms. The number of aryl methyl sites for hydroxylation is 2. The minimum atomic E-state index is 0.0244. The van der Waals surface area contributed by atoms with E-state index in [0.29, 0.717) is 6.42 Å². The predicted octanol–water partition coefficient (Wildman–Crippen LogP) is 4.50. The van der Waals surface area contributed by atoms with Crippen molar-refractivity contribution in [3.8, 4) is 0 Å². The Kier molecular flexibility index (Phi) is 4.96. The van der Waals surface area contributed by atoms with Crippen LogP contribution in [0, 0.1) is 6.92 Å². The number of carbonyl (C=O) groups excluding carboxylic acids is 1. The predicted molar refractivity (Wildman–Crippen MR) is 87.0 cm³/mol. The summed E-state index contributed by atoms with van der Waals surface area (Å²) in [6.45, 7) is 4.11. The first-order valence-corrected chi connectivity index (χ1v) is 7.52. The summed E-state index contributed by atoms with van der Waals surface area (Å²) >= 11 is 3.50. The van der Waals surface area contributed by atoms with Crippen LogP contribution in [0.4, 0.5) is 5.69 Å². The van der Waals surface area contributed by atoms with E-state index in [9.17, 15) is 4.79 Å². The average molecular weight is 332 g/mol. The number of hydrogen-bond donors (Lipinski definition) is 1. The number of halogens is 1. The Labute approximate surface area is 128 Å². The number of nitrogens with one attached hydrogen (secondary N) is 1. The lowest BCUT2D eigenvalue weighted by molar-refractivity contribution is -0.115. The fraction of sp³-hybridized carbons (Fsp3) is 0.235. The minimum absolute atomic E-state index is 0.0244. The Morgan fingerprint density at radius 1 is 1.20 bits per heavy atom. The number of hydrogen-bond acceptors (Lipinski definition) is 1. The molecular formula is C17H18BrNO. The van der Waals surface area contributed by atoms with Crippen molar-refractivity contribution in [2.45, 2.75) is 26.7 Å². The lowest BCUT2D eigenvalue weighted by Gasteiger charge is -2.14. The summed E-state index contributed by atoms with van der Waals surface area (Å²) in [7, 11) is 0. The maximum atomic E-state index is 12.2. The molecule has 0 unspecified atom stereocenters. The number of rotatable bonds is 4. The monoisotopic (exact) mass is 331 g/mol. The van der Waals surface area contributed by atoms with Crippen molar-refractivity contribution >= 4 is 27.5 Å². The Balaban J connectivity index is 2.16. The molecule has 0 saturated carbocycles. The molecule has 0 fully saturated rings. The summed E-state index contributed by atoms with van der Waals surface area (Å²) in [5.41, 5.74) is 4.20. The van der Waals surface area contributed by atoms with Gasteiger partial charge >= 0.3 is 0 Å². The number of amides is 1. The fourth-order valence-electron chi connectivity index (χ4n) is 2.24. The quantitative estimate of drug-likeness (QED) is 0.877. The van der Waals surface area contributed by atoms with E-state index >= 15 is 0 Å². The lowest BCUT2D eigenvalue weighted by Crippen LogP contribution is -2.16. The van der Waals surface area contributed by atoms with E-state index in [2.05, 4.69) is 34.2 Å². The van der Waals surface area contributed by atoms with E-state index in [1.807, 2.05) is 43.3 Å². The van der Waals surface area contributed by atoms with Crippen molar-refractivity contribution < 1.29 is 4.79 Å². The molecule has 0 aliphatic heterocycles. The van der Waals surface area contributed by atoms with Gasteiger partial charge in [0.15, 0.2) is 0 Å². The van der Waals surface area contributed by atoms with Crippen LogP contribution in [0.2, 0.25) is 0 Å². The first-order chi connectivity index (χ1) is 9.60. The molecule has 0 heterocycles. The SMILES string of the molecule is CCc1cc(Br)cc(C)c1NC(=O)Cc1ccccc1. The molecular weight excluding hydrogens is 314 g/mol. The highest BCUT2D eigenvalue weighted by atomic mass is 79.9. The van der Waals surface area contributed by atoms with E-state index in [-0.39, 0.29) is 5.91 Å². The molecule has 0 atom stereocenters. The molecule has 0 radical (unpaired) electrons. The van der Waals surface area contributed by atoms with Gasteiger partial charge in [0.25, 0.3) is 0 Å². The van der Waals surface area contributed by atoms with Gasteiger partial charge in [0.05, 0.1) is 6.42 Å². The molecule has 0 saturated heterocycles. The van der Waals surface area contributed by atoms with Gasteiger partial charge < -0.3 is 5.32 Å². The molecule has 1 amide bonds. The largest absolute Gasteiger partial charge is 0.325 e. The first-order valence-electron chi connectivity index (χ1n) is 6.73. The summed E-state index contributed by atoms with van der Waals surface area (Å²) in [6, 6.07) is 13.9. The molecule has 3 heteroatoms. The summed E-state index contributed by atoms with van der Waals surface area (Å²) in [5.74, 6) is 0.0244. The molecule has 2 aromatic carbocycles. The van der Waals surface area contributed by atoms with Gasteiger partial charge in [-0.2, -0.15) is 0 Å². The summed E-state index contributed by atoms with van der Waals surface area (Å²) in [6.07, 6.45) is 1.29. The molecule has 0 bridgehead atoms. The fourth-order valence-corrected chi connectivity index (χ4v) is 2.85. The van der Waals surface area contributed by atoms with E-state index in [4.69, 9.17) is 0 Å². The second kappa shape index (κ2) is 6.71. The zero-order valence-electron chi connectivity index (χ0n) is 11.7. The second-order valence-corrected chi connectivity index (χ2v) is 5.74. The van der Waals surface area contributed by atoms with Crippen LogP contribution in [0.15, 0.2) is 46.9 Å². The average Bonchev–Trinajstić information content (AvgIpc) is 2.42. The first kappa shape index (κ1) is 14.8. The molecule has 2 rings (SSSR count). The van der Waals surface area contributed by atoms with Crippen molar-refractivity contribution in [1.29, 1.82) is 0 Å². The Hall–Kier alpha value is -1.61. The van der Waals surface area contributed by atoms with Gasteiger partial charge in [-0.05, 0) is 42.2 Å². The van der Waals surface area contributed by atoms with E-state index in [1.165, 1.54) is 0 Å². The summed E-state index contributed by atoms with van der Waals surface area (Å²) < 4.78 is 1.05. The zero-order chi connectivity index (χ0) is 14.5. The van der Waals surface area contributed by atoms with Gasteiger partial charge in [0, 0.05) is 10.2 Å². The van der Waals surface area contributed by atoms with Gasteiger partial charge in [-0.3, -0.25) is 4.79 Å². The molecule has 0 aliphatic carbocycles. The van der Waals surface area contributed by atoms with Gasteiger partial charge in [-0.15, -0.1) is 0 Å². The summed E-state index contributed by atoms with van der Waals surface area (Å²) in [4.78, 5) is 12.2. The molecule has 1 N–H and O–H groups in total. The standard InChI is InChI=1S/C17H18BrNO/c1-3-14-11-15(18)9-12(2)17(14)19-16(20)10-13-7-5-4-6-8-13/h4-9,11H,3,10H2,1-2H3,(H,19,20). The molecule has 104 valence electrons. The number of benzene rings is 2. The van der Waals surface area contributed by atoms with Crippen LogP contribution >= 0.6 is 15.9 Å². The third-order valence-electron chi connectivity index (χ3n) is 3.23. The maximum absolute atomic E-state index is 12.2. The molecule has 0 aliphatic rings. The van der Waals surface area contributed by atoms with Gasteiger partial charge in [0.2, 0.25) is 5.91 Å². The number of carbonyl (C=O) groups is 1. The van der Waals surface area contributed by atoms with Crippen LogP contribution in [0.1, 0.15) is 23.6 Å². The van der Waals surface area contributed by atoms with Crippen molar-refractivity contribution in [3.63, 3.8) is 0 Å². The third kappa shape index (κ3) is 3.70. The van der Waals surface area contributed by atoms with Gasteiger partial charge in [0.1, 0.15) is 0 Å². The highest BCUT2D eigenvalue weighted by molar-refractivity contribution is 9.10. The lowest BCUT2D eigenvalue weighted by atomic mass is 10.1. The van der Waals surface area contributed by atoms with Crippen LogP contribution < -0.4 is 5.32 Å². The molecule has 2 nitrogen and oxygen atoms in total. The molecule has 0 spiro atoms. The van der Waals surface area contributed by atoms with Crippen LogP contribution in [0.3, 0.4) is 0 Å². The topological polar surface area (TPSA) is 29.1 Å². The zero-order valence-corrected chi connectivity index (χ0v) is 13.3. The molecule has 2 aromatic rings. The highest BCUT2D eigenvalue weighted by Crippen LogP contribution is 2.26. The van der Waals surface area contributed by atoms with Crippen LogP contribution in [0.25, 0.3) is 0 Å². The Morgan fingerprint density at radius 3 is 2.55 bits per heavy atom. The van der Waals surface area contributed by atoms with Crippen LogP contribution in [0.5, 0.6) is 0 Å². The van der Waals surface area contributed by atoms with Crippen LogP contribution in [-0.4, -0.2) is 5.91 Å². The van der Waals surface area contributed by atoms with Gasteiger partial charge in [-0.25, -0.2) is 0 Å². The van der Waals surface area contributed by atoms with Crippen molar-refractivity contribution in [1.82, 2.24) is 0 Å². The van der Waals surface area contributed by atoms with Crippen molar-refractivity contribution in [3.05, 3.63) is 63.6 Å². The minimum Gasteiger partial charge on any atom is -0.325 e. The van der Waals surface area contributed by atoms with E-state index in [0.717, 1.165) is 33.3 Å². The van der Waals surface area contributed by atoms with Crippen molar-refractivity contribution in [2.75, 3.05) is 5.32 Å².